The molecule has 7 nitrogen and oxygen atoms in total. The van der Waals surface area contributed by atoms with Crippen LogP contribution in [0.25, 0.3) is 0 Å². The number of ether oxygens (including phenoxy) is 2. The molecule has 0 aliphatic carbocycles. The molecule has 29 heavy (non-hydrogen) atoms. The molecule has 1 heterocycles. The van der Waals surface area contributed by atoms with Crippen molar-refractivity contribution in [2.45, 2.75) is 18.7 Å². The number of benzene rings is 2. The molecule has 1 N–H and O–H groups in total. The summed E-state index contributed by atoms with van der Waals surface area (Å²) in [6, 6.07) is 13.0. The second-order valence-corrected chi connectivity index (χ2v) is 6.91. The molecule has 2 aromatic carbocycles. The molecule has 0 unspecified atom stereocenters. The van der Waals surface area contributed by atoms with Gasteiger partial charge < -0.3 is 19.4 Å². The van der Waals surface area contributed by atoms with Crippen molar-refractivity contribution in [3.05, 3.63) is 60.2 Å². The Balaban J connectivity index is 1.53. The molecule has 3 aromatic rings. The van der Waals surface area contributed by atoms with E-state index < -0.39 is 0 Å². The maximum atomic E-state index is 12.9. The molecule has 0 saturated heterocycles. The number of halogens is 1. The first-order valence-corrected chi connectivity index (χ1v) is 9.96. The maximum absolute atomic E-state index is 12.9. The second kappa shape index (κ2) is 9.92. The monoisotopic (exact) mass is 416 g/mol. The summed E-state index contributed by atoms with van der Waals surface area (Å²) >= 11 is 1.27. The van der Waals surface area contributed by atoms with Crippen LogP contribution in [0.15, 0.2) is 53.7 Å². The van der Waals surface area contributed by atoms with Crippen molar-refractivity contribution < 1.29 is 18.7 Å². The summed E-state index contributed by atoms with van der Waals surface area (Å²) < 4.78 is 25.8. The van der Waals surface area contributed by atoms with E-state index >= 15 is 0 Å². The van der Waals surface area contributed by atoms with Gasteiger partial charge in [-0.2, -0.15) is 0 Å². The Morgan fingerprint density at radius 3 is 2.66 bits per heavy atom. The quantitative estimate of drug-likeness (QED) is 0.537. The van der Waals surface area contributed by atoms with Gasteiger partial charge in [0.05, 0.1) is 18.0 Å². The summed E-state index contributed by atoms with van der Waals surface area (Å²) in [4.78, 5) is 12.3. The van der Waals surface area contributed by atoms with Crippen molar-refractivity contribution in [1.82, 2.24) is 14.8 Å². The minimum Gasteiger partial charge on any atom is -0.492 e. The molecule has 0 atom stereocenters. The van der Waals surface area contributed by atoms with E-state index in [9.17, 15) is 9.18 Å². The molecule has 0 bridgehead atoms. The summed E-state index contributed by atoms with van der Waals surface area (Å²) in [6.45, 7) is 2.59. The van der Waals surface area contributed by atoms with E-state index in [4.69, 9.17) is 9.47 Å². The highest BCUT2D eigenvalue weighted by atomic mass is 32.2. The van der Waals surface area contributed by atoms with Crippen LogP contribution in [0.2, 0.25) is 0 Å². The Morgan fingerprint density at radius 2 is 1.90 bits per heavy atom. The largest absolute Gasteiger partial charge is 0.492 e. The molecule has 3 rings (SSSR count). The third-order valence-corrected chi connectivity index (χ3v) is 4.92. The van der Waals surface area contributed by atoms with Crippen LogP contribution in [0.3, 0.4) is 0 Å². The topological polar surface area (TPSA) is 78.3 Å². The van der Waals surface area contributed by atoms with Gasteiger partial charge in [-0.3, -0.25) is 4.79 Å². The van der Waals surface area contributed by atoms with E-state index in [2.05, 4.69) is 15.5 Å². The molecule has 1 aromatic heterocycles. The Morgan fingerprint density at radius 1 is 1.14 bits per heavy atom. The lowest BCUT2D eigenvalue weighted by molar-refractivity contribution is -0.113. The second-order valence-electron chi connectivity index (χ2n) is 5.97. The summed E-state index contributed by atoms with van der Waals surface area (Å²) in [7, 11) is 1.80. The van der Waals surface area contributed by atoms with Crippen LogP contribution in [0, 0.1) is 5.82 Å². The van der Waals surface area contributed by atoms with Crippen molar-refractivity contribution >= 4 is 23.4 Å². The summed E-state index contributed by atoms with van der Waals surface area (Å²) in [6.07, 6.45) is 0. The molecule has 0 radical (unpaired) electrons. The Bertz CT molecular complexity index is 963. The standard InChI is InChI=1S/C20H21FN4O3S/c1-3-27-17-7-5-4-6-16(17)22-19(26)13-29-20-24-23-18(25(20)2)12-28-15-10-8-14(21)9-11-15/h4-11H,3,12-13H2,1-2H3,(H,22,26). The number of amides is 1. The average Bonchev–Trinajstić information content (AvgIpc) is 3.07. The lowest BCUT2D eigenvalue weighted by Gasteiger charge is -2.11. The molecule has 0 spiro atoms. The number of hydrogen-bond acceptors (Lipinski definition) is 6. The van der Waals surface area contributed by atoms with Gasteiger partial charge in [-0.05, 0) is 43.3 Å². The van der Waals surface area contributed by atoms with Crippen LogP contribution in [0.4, 0.5) is 10.1 Å². The van der Waals surface area contributed by atoms with Gasteiger partial charge in [0, 0.05) is 7.05 Å². The highest BCUT2D eigenvalue weighted by Gasteiger charge is 2.13. The zero-order valence-corrected chi connectivity index (χ0v) is 16.9. The molecular formula is C20H21FN4O3S. The van der Waals surface area contributed by atoms with Crippen LogP contribution < -0.4 is 14.8 Å². The summed E-state index contributed by atoms with van der Waals surface area (Å²) in [5, 5.41) is 11.6. The number of para-hydroxylation sites is 2. The minimum atomic E-state index is -0.322. The molecule has 1 amide bonds. The van der Waals surface area contributed by atoms with Crippen molar-refractivity contribution in [3.63, 3.8) is 0 Å². The summed E-state index contributed by atoms with van der Waals surface area (Å²) in [5.74, 6) is 1.44. The van der Waals surface area contributed by atoms with E-state index in [1.165, 1.54) is 23.9 Å². The number of thioether (sulfide) groups is 1. The fourth-order valence-corrected chi connectivity index (χ4v) is 3.17. The first kappa shape index (κ1) is 20.7. The van der Waals surface area contributed by atoms with Gasteiger partial charge >= 0.3 is 0 Å². The van der Waals surface area contributed by atoms with E-state index in [1.807, 2.05) is 25.1 Å². The SMILES string of the molecule is CCOc1ccccc1NC(=O)CSc1nnc(COc2ccc(F)cc2)n1C. The molecule has 0 aliphatic rings. The van der Waals surface area contributed by atoms with Crippen LogP contribution in [-0.4, -0.2) is 33.0 Å². The van der Waals surface area contributed by atoms with Gasteiger partial charge in [-0.15, -0.1) is 10.2 Å². The van der Waals surface area contributed by atoms with Crippen molar-refractivity contribution in [3.8, 4) is 11.5 Å². The van der Waals surface area contributed by atoms with E-state index in [-0.39, 0.29) is 24.1 Å². The maximum Gasteiger partial charge on any atom is 0.234 e. The van der Waals surface area contributed by atoms with Crippen LogP contribution >= 0.6 is 11.8 Å². The van der Waals surface area contributed by atoms with Gasteiger partial charge in [0.25, 0.3) is 0 Å². The highest BCUT2D eigenvalue weighted by Crippen LogP contribution is 2.24. The van der Waals surface area contributed by atoms with E-state index in [0.717, 1.165) is 0 Å². The fraction of sp³-hybridized carbons (Fsp3) is 0.250. The predicted molar refractivity (Wildman–Crippen MR) is 109 cm³/mol. The zero-order chi connectivity index (χ0) is 20.6. The average molecular weight is 416 g/mol. The molecule has 0 fully saturated rings. The number of rotatable bonds is 9. The van der Waals surface area contributed by atoms with Gasteiger partial charge in [0.2, 0.25) is 5.91 Å². The number of hydrogen-bond donors (Lipinski definition) is 1. The van der Waals surface area contributed by atoms with Gasteiger partial charge in [-0.1, -0.05) is 23.9 Å². The van der Waals surface area contributed by atoms with E-state index in [1.54, 1.807) is 29.8 Å². The Labute approximate surface area is 172 Å². The molecular weight excluding hydrogens is 395 g/mol. The first-order chi connectivity index (χ1) is 14.1. The molecule has 0 aliphatic heterocycles. The predicted octanol–water partition coefficient (Wildman–Crippen LogP) is 3.66. The third-order valence-electron chi connectivity index (χ3n) is 3.90. The van der Waals surface area contributed by atoms with Crippen LogP contribution in [0.1, 0.15) is 12.7 Å². The Hall–Kier alpha value is -3.07. The zero-order valence-electron chi connectivity index (χ0n) is 16.1. The number of carbonyl (C=O) groups is 1. The van der Waals surface area contributed by atoms with Crippen molar-refractivity contribution in [1.29, 1.82) is 0 Å². The van der Waals surface area contributed by atoms with Crippen molar-refractivity contribution in [2.24, 2.45) is 7.05 Å². The molecule has 9 heteroatoms. The fourth-order valence-electron chi connectivity index (χ4n) is 2.44. The van der Waals surface area contributed by atoms with Crippen LogP contribution in [-0.2, 0) is 18.4 Å². The van der Waals surface area contributed by atoms with Crippen LogP contribution in [0.5, 0.6) is 11.5 Å². The molecule has 0 saturated carbocycles. The number of carbonyl (C=O) groups excluding carboxylic acids is 1. The van der Waals surface area contributed by atoms with Crippen molar-refractivity contribution in [2.75, 3.05) is 17.7 Å². The number of aromatic nitrogens is 3. The number of anilines is 1. The Kier molecular flexibility index (Phi) is 7.07. The first-order valence-electron chi connectivity index (χ1n) is 8.98. The number of nitrogens with zero attached hydrogens (tertiary/aromatic N) is 3. The lowest BCUT2D eigenvalue weighted by atomic mass is 10.3. The van der Waals surface area contributed by atoms with Gasteiger partial charge in [0.15, 0.2) is 11.0 Å². The minimum absolute atomic E-state index is 0.172. The molecule has 152 valence electrons. The number of nitrogens with one attached hydrogen (secondary N) is 1. The highest BCUT2D eigenvalue weighted by molar-refractivity contribution is 7.99. The van der Waals surface area contributed by atoms with Gasteiger partial charge in [-0.25, -0.2) is 4.39 Å². The van der Waals surface area contributed by atoms with E-state index in [0.29, 0.717) is 34.8 Å². The normalized spacial score (nSPS) is 10.6. The summed E-state index contributed by atoms with van der Waals surface area (Å²) in [5.41, 5.74) is 0.631. The lowest BCUT2D eigenvalue weighted by Crippen LogP contribution is -2.15. The van der Waals surface area contributed by atoms with Gasteiger partial charge in [0.1, 0.15) is 23.9 Å². The third kappa shape index (κ3) is 5.71. The smallest absolute Gasteiger partial charge is 0.234 e.